The molecule has 2 N–H and O–H groups in total. The summed E-state index contributed by atoms with van der Waals surface area (Å²) in [6.45, 7) is 0. The SMILES string of the molecule is COc1ccc2c(c1)OC(c1ccc(Br)c(Br)c1)C[C@H]2N. The van der Waals surface area contributed by atoms with Crippen LogP contribution in [0.3, 0.4) is 0 Å². The number of nitrogens with two attached hydrogens (primary N) is 1. The highest BCUT2D eigenvalue weighted by atomic mass is 79.9. The highest BCUT2D eigenvalue weighted by molar-refractivity contribution is 9.13. The standard InChI is InChI=1S/C16H15Br2NO2/c1-20-10-3-4-11-14(19)8-15(21-16(11)7-10)9-2-5-12(17)13(18)6-9/h2-7,14-15H,8,19H2,1H3/t14-,15?/m1/s1. The van der Waals surface area contributed by atoms with E-state index in [4.69, 9.17) is 15.2 Å². The van der Waals surface area contributed by atoms with Crippen molar-refractivity contribution >= 4 is 31.9 Å². The van der Waals surface area contributed by atoms with E-state index in [0.717, 1.165) is 38.0 Å². The molecule has 0 saturated carbocycles. The first-order chi connectivity index (χ1) is 10.1. The average Bonchev–Trinajstić information content (AvgIpc) is 2.49. The Morgan fingerprint density at radius 2 is 1.95 bits per heavy atom. The molecule has 5 heteroatoms. The van der Waals surface area contributed by atoms with E-state index in [1.165, 1.54) is 0 Å². The molecule has 2 atom stereocenters. The van der Waals surface area contributed by atoms with Crippen LogP contribution in [0.4, 0.5) is 0 Å². The third-order valence-corrected chi connectivity index (χ3v) is 5.55. The van der Waals surface area contributed by atoms with E-state index in [9.17, 15) is 0 Å². The van der Waals surface area contributed by atoms with Gasteiger partial charge in [-0.15, -0.1) is 0 Å². The molecule has 1 heterocycles. The normalized spacial score (nSPS) is 20.6. The maximum atomic E-state index is 6.29. The van der Waals surface area contributed by atoms with Crippen molar-refractivity contribution in [2.24, 2.45) is 5.73 Å². The van der Waals surface area contributed by atoms with Crippen LogP contribution < -0.4 is 15.2 Å². The number of hydrogen-bond donors (Lipinski definition) is 1. The molecule has 0 saturated heterocycles. The molecule has 1 aliphatic rings. The first-order valence-electron chi connectivity index (χ1n) is 6.63. The van der Waals surface area contributed by atoms with Crippen molar-refractivity contribution in [3.63, 3.8) is 0 Å². The zero-order valence-corrected chi connectivity index (χ0v) is 14.6. The number of methoxy groups -OCH3 is 1. The summed E-state index contributed by atoms with van der Waals surface area (Å²) >= 11 is 7.01. The van der Waals surface area contributed by atoms with E-state index in [1.54, 1.807) is 7.11 Å². The molecule has 21 heavy (non-hydrogen) atoms. The van der Waals surface area contributed by atoms with Gasteiger partial charge < -0.3 is 15.2 Å². The second-order valence-corrected chi connectivity index (χ2v) is 6.73. The molecular formula is C16H15Br2NO2. The van der Waals surface area contributed by atoms with E-state index in [2.05, 4.69) is 44.0 Å². The number of rotatable bonds is 2. The fourth-order valence-corrected chi connectivity index (χ4v) is 3.17. The van der Waals surface area contributed by atoms with Crippen LogP contribution in [0.2, 0.25) is 0 Å². The van der Waals surface area contributed by atoms with Crippen LogP contribution in [0.1, 0.15) is 29.7 Å². The Bertz CT molecular complexity index is 675. The van der Waals surface area contributed by atoms with Crippen LogP contribution >= 0.6 is 31.9 Å². The topological polar surface area (TPSA) is 44.5 Å². The van der Waals surface area contributed by atoms with Crippen molar-refractivity contribution in [2.75, 3.05) is 7.11 Å². The van der Waals surface area contributed by atoms with Gasteiger partial charge in [-0.05, 0) is 55.6 Å². The fraction of sp³-hybridized carbons (Fsp3) is 0.250. The van der Waals surface area contributed by atoms with Crippen molar-refractivity contribution in [1.29, 1.82) is 0 Å². The van der Waals surface area contributed by atoms with E-state index in [1.807, 2.05) is 24.3 Å². The van der Waals surface area contributed by atoms with Crippen LogP contribution in [0.15, 0.2) is 45.3 Å². The average molecular weight is 413 g/mol. The number of halogens is 2. The summed E-state index contributed by atoms with van der Waals surface area (Å²) in [5, 5.41) is 0. The fourth-order valence-electron chi connectivity index (χ4n) is 2.53. The van der Waals surface area contributed by atoms with Gasteiger partial charge in [-0.3, -0.25) is 0 Å². The quantitative estimate of drug-likeness (QED) is 0.774. The Morgan fingerprint density at radius 3 is 2.67 bits per heavy atom. The van der Waals surface area contributed by atoms with Gasteiger partial charge in [0.2, 0.25) is 0 Å². The van der Waals surface area contributed by atoms with E-state index >= 15 is 0 Å². The number of fused-ring (bicyclic) bond motifs is 1. The Hall–Kier alpha value is -1.04. The molecule has 2 aromatic rings. The molecule has 0 bridgehead atoms. The third-order valence-electron chi connectivity index (χ3n) is 3.67. The second-order valence-electron chi connectivity index (χ2n) is 5.03. The van der Waals surface area contributed by atoms with Crippen LogP contribution in [0.25, 0.3) is 0 Å². The van der Waals surface area contributed by atoms with E-state index < -0.39 is 0 Å². The van der Waals surface area contributed by atoms with Crippen molar-refractivity contribution in [1.82, 2.24) is 0 Å². The van der Waals surface area contributed by atoms with Gasteiger partial charge in [0, 0.05) is 33.0 Å². The van der Waals surface area contributed by atoms with Crippen LogP contribution in [0.5, 0.6) is 11.5 Å². The van der Waals surface area contributed by atoms with Crippen LogP contribution in [-0.4, -0.2) is 7.11 Å². The Labute approximate surface area is 140 Å². The molecule has 2 aromatic carbocycles. The lowest BCUT2D eigenvalue weighted by molar-refractivity contribution is 0.161. The minimum absolute atomic E-state index is 0.0351. The summed E-state index contributed by atoms with van der Waals surface area (Å²) < 4.78 is 13.4. The third kappa shape index (κ3) is 2.96. The molecular weight excluding hydrogens is 398 g/mol. The van der Waals surface area contributed by atoms with Gasteiger partial charge >= 0.3 is 0 Å². The number of ether oxygens (including phenoxy) is 2. The minimum atomic E-state index is -0.0518. The van der Waals surface area contributed by atoms with Gasteiger partial charge in [0.25, 0.3) is 0 Å². The van der Waals surface area contributed by atoms with Crippen LogP contribution in [0, 0.1) is 0 Å². The summed E-state index contributed by atoms with van der Waals surface area (Å²) in [5.41, 5.74) is 8.43. The number of benzene rings is 2. The highest BCUT2D eigenvalue weighted by Crippen LogP contribution is 2.42. The Kier molecular flexibility index (Phi) is 4.24. The van der Waals surface area contributed by atoms with Gasteiger partial charge in [0.15, 0.2) is 0 Å². The van der Waals surface area contributed by atoms with E-state index in [-0.39, 0.29) is 12.1 Å². The molecule has 3 rings (SSSR count). The maximum Gasteiger partial charge on any atom is 0.128 e. The lowest BCUT2D eigenvalue weighted by atomic mass is 9.93. The highest BCUT2D eigenvalue weighted by Gasteiger charge is 2.27. The molecule has 0 radical (unpaired) electrons. The molecule has 0 aromatic heterocycles. The zero-order valence-electron chi connectivity index (χ0n) is 11.5. The largest absolute Gasteiger partial charge is 0.497 e. The van der Waals surface area contributed by atoms with Crippen molar-refractivity contribution in [3.05, 3.63) is 56.5 Å². The van der Waals surface area contributed by atoms with Crippen molar-refractivity contribution < 1.29 is 9.47 Å². The molecule has 0 amide bonds. The molecule has 0 aliphatic carbocycles. The van der Waals surface area contributed by atoms with Gasteiger partial charge in [-0.25, -0.2) is 0 Å². The predicted molar refractivity (Wildman–Crippen MR) is 89.8 cm³/mol. The smallest absolute Gasteiger partial charge is 0.128 e. The van der Waals surface area contributed by atoms with Crippen molar-refractivity contribution in [3.8, 4) is 11.5 Å². The summed E-state index contributed by atoms with van der Waals surface area (Å²) in [5.74, 6) is 1.58. The summed E-state index contributed by atoms with van der Waals surface area (Å²) in [7, 11) is 1.65. The summed E-state index contributed by atoms with van der Waals surface area (Å²) in [6, 6.07) is 11.9. The minimum Gasteiger partial charge on any atom is -0.497 e. The zero-order chi connectivity index (χ0) is 15.0. The first kappa shape index (κ1) is 14.9. The summed E-state index contributed by atoms with van der Waals surface area (Å²) in [4.78, 5) is 0. The maximum absolute atomic E-state index is 6.29. The van der Waals surface area contributed by atoms with Gasteiger partial charge in [-0.1, -0.05) is 12.1 Å². The van der Waals surface area contributed by atoms with Gasteiger partial charge in [-0.2, -0.15) is 0 Å². The van der Waals surface area contributed by atoms with Gasteiger partial charge in [0.05, 0.1) is 7.11 Å². The molecule has 3 nitrogen and oxygen atoms in total. The van der Waals surface area contributed by atoms with Crippen molar-refractivity contribution in [2.45, 2.75) is 18.6 Å². The lowest BCUT2D eigenvalue weighted by Crippen LogP contribution is -2.24. The predicted octanol–water partition coefficient (Wildman–Crippen LogP) is 4.74. The molecule has 0 spiro atoms. The molecule has 1 aliphatic heterocycles. The van der Waals surface area contributed by atoms with Gasteiger partial charge in [0.1, 0.15) is 17.6 Å². The molecule has 1 unspecified atom stereocenters. The summed E-state index contributed by atoms with van der Waals surface area (Å²) in [6.07, 6.45) is 0.705. The number of hydrogen-bond acceptors (Lipinski definition) is 3. The molecule has 110 valence electrons. The first-order valence-corrected chi connectivity index (χ1v) is 8.22. The second kappa shape index (κ2) is 5.99. The van der Waals surface area contributed by atoms with Crippen LogP contribution in [-0.2, 0) is 0 Å². The monoisotopic (exact) mass is 411 g/mol. The Morgan fingerprint density at radius 1 is 1.14 bits per heavy atom. The lowest BCUT2D eigenvalue weighted by Gasteiger charge is -2.31. The Balaban J connectivity index is 1.94. The van der Waals surface area contributed by atoms with E-state index in [0.29, 0.717) is 0 Å². The molecule has 0 fully saturated rings.